The number of piperidine rings is 1. The predicted molar refractivity (Wildman–Crippen MR) is 91.6 cm³/mol. The maximum absolute atomic E-state index is 13.5. The van der Waals surface area contributed by atoms with Crippen LogP contribution in [0.5, 0.6) is 0 Å². The van der Waals surface area contributed by atoms with Gasteiger partial charge < -0.3 is 10.2 Å². The third-order valence-electron chi connectivity index (χ3n) is 4.19. The fraction of sp³-hybridized carbons (Fsp3) is 0.412. The van der Waals surface area contributed by atoms with Gasteiger partial charge in [-0.3, -0.25) is 0 Å². The molecular weight excluding hydrogens is 353 g/mol. The van der Waals surface area contributed by atoms with Crippen molar-refractivity contribution < 1.29 is 13.2 Å². The van der Waals surface area contributed by atoms with Crippen LogP contribution < -0.4 is 5.32 Å². The van der Waals surface area contributed by atoms with E-state index in [1.807, 2.05) is 7.05 Å². The van der Waals surface area contributed by atoms with E-state index < -0.39 is 11.7 Å². The molecule has 1 saturated heterocycles. The first-order valence-electron chi connectivity index (χ1n) is 7.99. The van der Waals surface area contributed by atoms with Crippen molar-refractivity contribution in [3.05, 3.63) is 40.9 Å². The third kappa shape index (κ3) is 4.41. The van der Waals surface area contributed by atoms with Gasteiger partial charge in [0.05, 0.1) is 5.56 Å². The fourth-order valence-electron chi connectivity index (χ4n) is 2.99. The number of hydrogen-bond acceptors (Lipinski definition) is 4. The average molecular weight is 371 g/mol. The molecular formula is C17H18ClF3N4. The Morgan fingerprint density at radius 1 is 1.20 bits per heavy atom. The number of halogens is 4. The number of likely N-dealkylation sites (tertiary alicyclic amines) is 1. The van der Waals surface area contributed by atoms with Crippen molar-refractivity contribution in [1.82, 2.24) is 15.1 Å². The number of likely N-dealkylation sites (N-methyl/N-ethyl adjacent to an activating group) is 1. The van der Waals surface area contributed by atoms with Crippen molar-refractivity contribution in [2.24, 2.45) is 0 Å². The lowest BCUT2D eigenvalue weighted by atomic mass is 10.0. The minimum absolute atomic E-state index is 0.0653. The number of rotatable bonds is 3. The zero-order valence-corrected chi connectivity index (χ0v) is 14.4. The molecule has 1 N–H and O–H groups in total. The Hall–Kier alpha value is -1.86. The van der Waals surface area contributed by atoms with Gasteiger partial charge in [-0.25, -0.2) is 0 Å². The number of alkyl halides is 3. The van der Waals surface area contributed by atoms with Gasteiger partial charge in [0, 0.05) is 23.2 Å². The van der Waals surface area contributed by atoms with E-state index in [2.05, 4.69) is 20.4 Å². The third-order valence-corrected chi connectivity index (χ3v) is 4.45. The molecule has 134 valence electrons. The quantitative estimate of drug-likeness (QED) is 0.873. The SMILES string of the molecule is CN1CCC[C@@H](Nc2cc(C(F)(F)F)c(-c3ccc(Cl)cc3)nn2)C1. The molecule has 0 unspecified atom stereocenters. The number of nitrogens with zero attached hydrogens (tertiary/aromatic N) is 3. The first kappa shape index (κ1) is 17.9. The summed E-state index contributed by atoms with van der Waals surface area (Å²) in [4.78, 5) is 2.14. The normalized spacial score (nSPS) is 19.0. The Bertz CT molecular complexity index is 734. The lowest BCUT2D eigenvalue weighted by Crippen LogP contribution is -2.40. The molecule has 0 aliphatic carbocycles. The van der Waals surface area contributed by atoms with Crippen molar-refractivity contribution in [1.29, 1.82) is 0 Å². The second-order valence-electron chi connectivity index (χ2n) is 6.24. The van der Waals surface area contributed by atoms with Gasteiger partial charge >= 0.3 is 6.18 Å². The molecule has 1 atom stereocenters. The molecule has 1 aliphatic rings. The highest BCUT2D eigenvalue weighted by Crippen LogP contribution is 2.37. The van der Waals surface area contributed by atoms with Gasteiger partial charge in [-0.2, -0.15) is 13.2 Å². The molecule has 1 aliphatic heterocycles. The highest BCUT2D eigenvalue weighted by molar-refractivity contribution is 6.30. The molecule has 0 bridgehead atoms. The minimum atomic E-state index is -4.52. The van der Waals surface area contributed by atoms with Crippen molar-refractivity contribution in [3.8, 4) is 11.3 Å². The Labute approximate surface area is 149 Å². The average Bonchev–Trinajstić information content (AvgIpc) is 2.55. The molecule has 2 heterocycles. The van der Waals surface area contributed by atoms with Crippen LogP contribution in [-0.2, 0) is 6.18 Å². The molecule has 0 spiro atoms. The van der Waals surface area contributed by atoms with Gasteiger partial charge in [0.2, 0.25) is 0 Å². The van der Waals surface area contributed by atoms with Gasteiger partial charge in [-0.15, -0.1) is 10.2 Å². The number of nitrogens with one attached hydrogen (secondary N) is 1. The summed E-state index contributed by atoms with van der Waals surface area (Å²) in [6.45, 7) is 1.76. The van der Waals surface area contributed by atoms with Crippen LogP contribution in [0.25, 0.3) is 11.3 Å². The number of anilines is 1. The Morgan fingerprint density at radius 3 is 2.56 bits per heavy atom. The van der Waals surface area contributed by atoms with Crippen LogP contribution in [0.1, 0.15) is 18.4 Å². The fourth-order valence-corrected chi connectivity index (χ4v) is 3.12. The summed E-state index contributed by atoms with van der Waals surface area (Å²) in [5.74, 6) is 0.144. The maximum Gasteiger partial charge on any atom is 0.418 e. The molecule has 0 saturated carbocycles. The summed E-state index contributed by atoms with van der Waals surface area (Å²) in [5, 5.41) is 11.3. The minimum Gasteiger partial charge on any atom is -0.365 e. The summed E-state index contributed by atoms with van der Waals surface area (Å²) >= 11 is 5.80. The first-order valence-corrected chi connectivity index (χ1v) is 8.36. The van der Waals surface area contributed by atoms with Crippen LogP contribution in [-0.4, -0.2) is 41.3 Å². The maximum atomic E-state index is 13.5. The highest BCUT2D eigenvalue weighted by Gasteiger charge is 2.35. The number of hydrogen-bond donors (Lipinski definition) is 1. The van der Waals surface area contributed by atoms with Crippen molar-refractivity contribution in [2.75, 3.05) is 25.5 Å². The summed E-state index contributed by atoms with van der Waals surface area (Å²) < 4.78 is 40.5. The lowest BCUT2D eigenvalue weighted by molar-refractivity contribution is -0.137. The zero-order chi connectivity index (χ0) is 18.0. The Kier molecular flexibility index (Phi) is 5.15. The molecule has 1 aromatic heterocycles. The summed E-state index contributed by atoms with van der Waals surface area (Å²) in [5.41, 5.74) is -0.680. The zero-order valence-electron chi connectivity index (χ0n) is 13.6. The molecule has 2 aromatic rings. The Morgan fingerprint density at radius 2 is 1.92 bits per heavy atom. The van der Waals surface area contributed by atoms with Crippen LogP contribution in [0.2, 0.25) is 5.02 Å². The van der Waals surface area contributed by atoms with Gasteiger partial charge in [-0.1, -0.05) is 23.7 Å². The van der Waals surface area contributed by atoms with Gasteiger partial charge in [-0.05, 0) is 44.6 Å². The number of aromatic nitrogens is 2. The summed E-state index contributed by atoms with van der Waals surface area (Å²) in [6.07, 6.45) is -2.63. The van der Waals surface area contributed by atoms with Crippen LogP contribution in [0.3, 0.4) is 0 Å². The van der Waals surface area contributed by atoms with E-state index in [0.29, 0.717) is 10.6 Å². The van der Waals surface area contributed by atoms with E-state index in [1.54, 1.807) is 0 Å². The van der Waals surface area contributed by atoms with Gasteiger partial charge in [0.25, 0.3) is 0 Å². The van der Waals surface area contributed by atoms with Gasteiger partial charge in [0.1, 0.15) is 11.5 Å². The van der Waals surface area contributed by atoms with Crippen LogP contribution in [0, 0.1) is 0 Å². The van der Waals surface area contributed by atoms with E-state index in [9.17, 15) is 13.2 Å². The van der Waals surface area contributed by atoms with Crippen molar-refractivity contribution >= 4 is 17.4 Å². The molecule has 8 heteroatoms. The topological polar surface area (TPSA) is 41.0 Å². The summed E-state index contributed by atoms with van der Waals surface area (Å²) in [7, 11) is 1.99. The van der Waals surface area contributed by atoms with E-state index in [0.717, 1.165) is 32.0 Å². The smallest absolute Gasteiger partial charge is 0.365 e. The molecule has 1 aromatic carbocycles. The van der Waals surface area contributed by atoms with Crippen molar-refractivity contribution in [2.45, 2.75) is 25.1 Å². The van der Waals surface area contributed by atoms with E-state index >= 15 is 0 Å². The van der Waals surface area contributed by atoms with E-state index in [1.165, 1.54) is 24.3 Å². The molecule has 4 nitrogen and oxygen atoms in total. The lowest BCUT2D eigenvalue weighted by Gasteiger charge is -2.30. The van der Waals surface area contributed by atoms with E-state index in [-0.39, 0.29) is 17.6 Å². The molecule has 1 fully saturated rings. The molecule has 0 radical (unpaired) electrons. The number of benzene rings is 1. The molecule has 0 amide bonds. The van der Waals surface area contributed by atoms with Crippen LogP contribution in [0.15, 0.2) is 30.3 Å². The highest BCUT2D eigenvalue weighted by atomic mass is 35.5. The first-order chi connectivity index (χ1) is 11.8. The van der Waals surface area contributed by atoms with Crippen molar-refractivity contribution in [3.63, 3.8) is 0 Å². The predicted octanol–water partition coefficient (Wildman–Crippen LogP) is 4.32. The van der Waals surface area contributed by atoms with Gasteiger partial charge in [0.15, 0.2) is 0 Å². The van der Waals surface area contributed by atoms with Crippen LogP contribution >= 0.6 is 11.6 Å². The summed E-state index contributed by atoms with van der Waals surface area (Å²) in [6, 6.07) is 7.17. The molecule has 3 rings (SSSR count). The second-order valence-corrected chi connectivity index (χ2v) is 6.68. The second kappa shape index (κ2) is 7.17. The standard InChI is InChI=1S/C17H18ClF3N4/c1-25-8-2-3-13(10-25)22-15-9-14(17(19,20)21)16(24-23-15)11-4-6-12(18)7-5-11/h4-7,9,13H,2-3,8,10H2,1H3,(H,22,23)/t13-/m1/s1. The molecule has 25 heavy (non-hydrogen) atoms. The Balaban J connectivity index is 1.91. The largest absolute Gasteiger partial charge is 0.418 e. The monoisotopic (exact) mass is 370 g/mol. The van der Waals surface area contributed by atoms with E-state index in [4.69, 9.17) is 11.6 Å². The van der Waals surface area contributed by atoms with Crippen LogP contribution in [0.4, 0.5) is 19.0 Å².